The molecule has 0 aliphatic heterocycles. The van der Waals surface area contributed by atoms with Gasteiger partial charge in [-0.1, -0.05) is 0 Å². The molecule has 0 fully saturated rings. The molecule has 0 saturated heterocycles. The van der Waals surface area contributed by atoms with Crippen molar-refractivity contribution in [2.45, 2.75) is 0 Å². The van der Waals surface area contributed by atoms with Gasteiger partial charge in [-0.15, -0.1) is 12.4 Å². The normalized spacial score (nSPS) is 12.1. The second-order valence-electron chi connectivity index (χ2n) is 10.6. The number of hydrogen-bond donors (Lipinski definition) is 9. The number of likely N-dealkylation sites (N-methyl/N-ethyl adjacent to an activating group) is 1. The number of aliphatic hydroxyl groups is 9. The van der Waals surface area contributed by atoms with E-state index in [0.717, 1.165) is 6.54 Å². The smallest absolute Gasteiger partial charge is 0.103 e. The minimum absolute atomic E-state index is 0. The van der Waals surface area contributed by atoms with Crippen molar-refractivity contribution in [3.05, 3.63) is 24.4 Å². The summed E-state index contributed by atoms with van der Waals surface area (Å²) in [6.45, 7) is 6.72. The molecule has 0 amide bonds. The van der Waals surface area contributed by atoms with Crippen LogP contribution in [0.1, 0.15) is 0 Å². The highest BCUT2D eigenvalue weighted by Crippen LogP contribution is 2.09. The molecule has 0 rings (SSSR count). The van der Waals surface area contributed by atoms with Crippen molar-refractivity contribution < 1.29 is 84.2 Å². The average molecular weight is 693 g/mol. The highest BCUT2D eigenvalue weighted by atomic mass is 35.5. The highest BCUT2D eigenvalue weighted by Gasteiger charge is 2.26. The van der Waals surface area contributed by atoms with Gasteiger partial charge in [0, 0.05) is 25.7 Å². The second-order valence-corrected chi connectivity index (χ2v) is 10.6. The summed E-state index contributed by atoms with van der Waals surface area (Å²) in [4.78, 5) is 1.79. The number of hydrogen-bond acceptors (Lipinski definition) is 10. The van der Waals surface area contributed by atoms with Crippen molar-refractivity contribution in [3.63, 3.8) is 0 Å². The van der Waals surface area contributed by atoms with Gasteiger partial charge in [-0.2, -0.15) is 0 Å². The maximum Gasteiger partial charge on any atom is 0.103 e. The Morgan fingerprint density at radius 3 is 1.00 bits per heavy atom. The lowest BCUT2D eigenvalue weighted by Crippen LogP contribution is -3.00. The zero-order valence-corrected chi connectivity index (χ0v) is 28.5. The third-order valence-electron chi connectivity index (χ3n) is 6.93. The number of halogens is 3. The summed E-state index contributed by atoms with van der Waals surface area (Å²) in [5.74, 6) is 0. The molecule has 0 atom stereocenters. The molecule has 0 aromatic heterocycles. The van der Waals surface area contributed by atoms with Crippen LogP contribution in [0.2, 0.25) is 0 Å². The number of aliphatic hydroxyl groups excluding tert-OH is 9. The van der Waals surface area contributed by atoms with Gasteiger partial charge in [0.1, 0.15) is 52.4 Å². The summed E-state index contributed by atoms with van der Waals surface area (Å²) in [5.41, 5.74) is 0. The summed E-state index contributed by atoms with van der Waals surface area (Å²) in [6, 6.07) is 0. The van der Waals surface area contributed by atoms with Crippen LogP contribution in [0.25, 0.3) is 0 Å². The van der Waals surface area contributed by atoms with Crippen LogP contribution in [0.5, 0.6) is 0 Å². The Kier molecular flexibility index (Phi) is 40.4. The lowest BCUT2D eigenvalue weighted by Gasteiger charge is -2.36. The number of nitrogens with zero attached hydrogens (tertiary/aromatic N) is 4. The van der Waals surface area contributed by atoms with Gasteiger partial charge in [0.15, 0.2) is 0 Å². The van der Waals surface area contributed by atoms with E-state index in [2.05, 4.69) is 26.4 Å². The molecule has 13 nitrogen and oxygen atoms in total. The second kappa shape index (κ2) is 33.2. The lowest BCUT2D eigenvalue weighted by molar-refractivity contribution is -0.924. The molecule has 0 aliphatic rings. The Morgan fingerprint density at radius 1 is 0.442 bits per heavy atom. The molecule has 0 saturated carbocycles. The van der Waals surface area contributed by atoms with Gasteiger partial charge in [0.05, 0.1) is 86.3 Å². The Balaban J connectivity index is -0.000000317. The summed E-state index contributed by atoms with van der Waals surface area (Å²) in [6.07, 6.45) is 8.22. The quantitative estimate of drug-likeness (QED) is 0.0329. The Bertz CT molecular complexity index is 592. The zero-order valence-electron chi connectivity index (χ0n) is 26.1. The Labute approximate surface area is 277 Å². The first-order valence-electron chi connectivity index (χ1n) is 14.2. The molecule has 0 heterocycles. The standard InChI is InChI=1S/C21H46N3O6.C6H15NO3.3ClH/c1-22(2,7-5-9-24(13-19-28,14-20-29)15-21-30)6-3-4-8-23(10-16-25,11-17-26)12-18-27;8-4-1-7(2-5-9)3-6-10;;;/h3-5,7,25-30H,6,8-21H2,1-2H3;8-10H,1-6H2;3*1H/q+3;;;;/p-2. The molecule has 16 heteroatoms. The minimum atomic E-state index is 0. The third kappa shape index (κ3) is 26.7. The molecule has 0 aromatic carbocycles. The predicted molar refractivity (Wildman–Crippen MR) is 162 cm³/mol. The van der Waals surface area contributed by atoms with Crippen molar-refractivity contribution in [1.82, 2.24) is 4.90 Å². The van der Waals surface area contributed by atoms with E-state index >= 15 is 0 Å². The van der Waals surface area contributed by atoms with Crippen LogP contribution >= 0.6 is 12.4 Å². The van der Waals surface area contributed by atoms with Crippen LogP contribution in [0.3, 0.4) is 0 Å². The van der Waals surface area contributed by atoms with Crippen molar-refractivity contribution >= 4 is 12.4 Å². The monoisotopic (exact) mass is 691 g/mol. The van der Waals surface area contributed by atoms with E-state index in [1.807, 2.05) is 12.2 Å². The van der Waals surface area contributed by atoms with Crippen molar-refractivity contribution in [1.29, 1.82) is 0 Å². The van der Waals surface area contributed by atoms with E-state index in [1.54, 1.807) is 4.90 Å². The lowest BCUT2D eigenvalue weighted by atomic mass is 10.3. The molecule has 0 bridgehead atoms. The van der Waals surface area contributed by atoms with Crippen molar-refractivity contribution in [2.75, 3.05) is 152 Å². The molecule has 0 aliphatic carbocycles. The summed E-state index contributed by atoms with van der Waals surface area (Å²) < 4.78 is 1.50. The molecule has 9 N–H and O–H groups in total. The van der Waals surface area contributed by atoms with E-state index in [0.29, 0.717) is 85.4 Å². The maximum atomic E-state index is 9.37. The van der Waals surface area contributed by atoms with Crippen LogP contribution < -0.4 is 24.8 Å². The van der Waals surface area contributed by atoms with Gasteiger partial charge >= 0.3 is 0 Å². The van der Waals surface area contributed by atoms with E-state index in [9.17, 15) is 30.6 Å². The van der Waals surface area contributed by atoms with Crippen molar-refractivity contribution in [2.24, 2.45) is 0 Å². The van der Waals surface area contributed by atoms with Crippen LogP contribution in [0.15, 0.2) is 24.4 Å². The van der Waals surface area contributed by atoms with E-state index in [-0.39, 0.29) is 96.7 Å². The Morgan fingerprint density at radius 2 is 0.721 bits per heavy atom. The minimum Gasteiger partial charge on any atom is -1.00 e. The number of quaternary nitrogens is 3. The SMILES string of the molecule is C[N+](C)(C=CC[N+](CCO)(CCO)CCO)CC=CC[N+](CCO)(CCO)CCO.Cl.OCCN(CCO)CCO.[Cl-].[Cl-]. The van der Waals surface area contributed by atoms with Crippen LogP contribution in [-0.4, -0.2) is 216 Å². The first-order chi connectivity index (χ1) is 19.1. The maximum absolute atomic E-state index is 9.37. The fourth-order valence-corrected chi connectivity index (χ4v) is 4.51. The van der Waals surface area contributed by atoms with Gasteiger partial charge in [-0.25, -0.2) is 0 Å². The molecular formula is C27H62Cl3N4O9+. The van der Waals surface area contributed by atoms with Gasteiger partial charge in [0.25, 0.3) is 0 Å². The fraction of sp³-hybridized carbons (Fsp3) is 0.852. The van der Waals surface area contributed by atoms with E-state index in [4.69, 9.17) is 15.3 Å². The highest BCUT2D eigenvalue weighted by molar-refractivity contribution is 5.85. The zero-order chi connectivity index (χ0) is 30.8. The summed E-state index contributed by atoms with van der Waals surface area (Å²) in [7, 11) is 4.13. The van der Waals surface area contributed by atoms with Gasteiger partial charge in [-0.05, 0) is 12.2 Å². The Hall–Kier alpha value is -0.170. The first-order valence-corrected chi connectivity index (χ1v) is 14.2. The van der Waals surface area contributed by atoms with Crippen LogP contribution in [0, 0.1) is 0 Å². The summed E-state index contributed by atoms with van der Waals surface area (Å²) in [5, 5.41) is 81.6. The van der Waals surface area contributed by atoms with Gasteiger partial charge in [-0.3, -0.25) is 9.38 Å². The first kappa shape index (κ1) is 52.4. The molecule has 264 valence electrons. The third-order valence-corrected chi connectivity index (χ3v) is 6.93. The molecular weight excluding hydrogens is 631 g/mol. The topological polar surface area (TPSA) is 185 Å². The van der Waals surface area contributed by atoms with E-state index < -0.39 is 0 Å². The average Bonchev–Trinajstić information content (AvgIpc) is 2.88. The molecule has 0 radical (unpaired) electrons. The van der Waals surface area contributed by atoms with Crippen molar-refractivity contribution in [3.8, 4) is 0 Å². The fourth-order valence-electron chi connectivity index (χ4n) is 4.51. The van der Waals surface area contributed by atoms with E-state index in [1.165, 1.54) is 0 Å². The molecule has 43 heavy (non-hydrogen) atoms. The largest absolute Gasteiger partial charge is 1.00 e. The number of rotatable bonds is 25. The molecule has 0 unspecified atom stereocenters. The van der Waals surface area contributed by atoms with Gasteiger partial charge < -0.3 is 79.7 Å². The summed E-state index contributed by atoms with van der Waals surface area (Å²) >= 11 is 0. The molecule has 0 spiro atoms. The van der Waals surface area contributed by atoms with Crippen LogP contribution in [0.4, 0.5) is 0 Å². The predicted octanol–water partition coefficient (Wildman–Crippen LogP) is -9.58. The van der Waals surface area contributed by atoms with Gasteiger partial charge in [0.2, 0.25) is 0 Å². The van der Waals surface area contributed by atoms with Crippen LogP contribution in [-0.2, 0) is 0 Å². The molecule has 0 aromatic rings.